The Morgan fingerprint density at radius 2 is 1.67 bits per heavy atom. The normalized spacial score (nSPS) is 19.6. The van der Waals surface area contributed by atoms with E-state index in [-0.39, 0.29) is 6.04 Å². The summed E-state index contributed by atoms with van der Waals surface area (Å²) in [6.45, 7) is 4.12. The van der Waals surface area contributed by atoms with Crippen molar-refractivity contribution in [2.75, 3.05) is 0 Å². The molecule has 0 bridgehead atoms. The molecule has 1 saturated carbocycles. The molecule has 1 fully saturated rings. The van der Waals surface area contributed by atoms with E-state index >= 15 is 0 Å². The van der Waals surface area contributed by atoms with Crippen molar-refractivity contribution in [3.05, 3.63) is 35.4 Å². The first kappa shape index (κ1) is 13.4. The van der Waals surface area contributed by atoms with Gasteiger partial charge in [0.25, 0.3) is 0 Å². The van der Waals surface area contributed by atoms with Gasteiger partial charge in [-0.3, -0.25) is 0 Å². The molecule has 1 aliphatic carbocycles. The molecule has 18 heavy (non-hydrogen) atoms. The summed E-state index contributed by atoms with van der Waals surface area (Å²) < 4.78 is 37.3. The second-order valence-corrected chi connectivity index (χ2v) is 5.13. The zero-order chi connectivity index (χ0) is 13.3. The van der Waals surface area contributed by atoms with E-state index in [1.54, 1.807) is 12.1 Å². The first-order valence-corrected chi connectivity index (χ1v) is 6.31. The average molecular weight is 257 g/mol. The van der Waals surface area contributed by atoms with E-state index < -0.39 is 11.7 Å². The van der Waals surface area contributed by atoms with Crippen molar-refractivity contribution in [2.45, 2.75) is 44.9 Å². The van der Waals surface area contributed by atoms with Gasteiger partial charge in [-0.1, -0.05) is 12.1 Å². The first-order chi connectivity index (χ1) is 8.38. The molecule has 1 aromatic carbocycles. The summed E-state index contributed by atoms with van der Waals surface area (Å²) in [7, 11) is 0. The van der Waals surface area contributed by atoms with Crippen LogP contribution in [0.1, 0.15) is 43.9 Å². The van der Waals surface area contributed by atoms with E-state index in [0.29, 0.717) is 6.04 Å². The van der Waals surface area contributed by atoms with Crippen molar-refractivity contribution in [1.29, 1.82) is 0 Å². The molecule has 1 aliphatic rings. The van der Waals surface area contributed by atoms with Gasteiger partial charge >= 0.3 is 6.18 Å². The maximum Gasteiger partial charge on any atom is 0.416 e. The van der Waals surface area contributed by atoms with Crippen LogP contribution in [0.4, 0.5) is 13.2 Å². The largest absolute Gasteiger partial charge is 0.416 e. The van der Waals surface area contributed by atoms with Crippen LogP contribution in [0, 0.1) is 5.92 Å². The molecule has 2 atom stereocenters. The monoisotopic (exact) mass is 257 g/mol. The van der Waals surface area contributed by atoms with Crippen LogP contribution >= 0.6 is 0 Å². The molecule has 0 heterocycles. The zero-order valence-electron chi connectivity index (χ0n) is 10.6. The average Bonchev–Trinajstić information content (AvgIpc) is 3.11. The van der Waals surface area contributed by atoms with Crippen molar-refractivity contribution in [2.24, 2.45) is 5.92 Å². The molecule has 0 radical (unpaired) electrons. The van der Waals surface area contributed by atoms with Crippen LogP contribution < -0.4 is 5.32 Å². The van der Waals surface area contributed by atoms with Gasteiger partial charge in [0.1, 0.15) is 0 Å². The van der Waals surface area contributed by atoms with Gasteiger partial charge in [0, 0.05) is 12.1 Å². The molecule has 1 N–H and O–H groups in total. The molecule has 0 aliphatic heterocycles. The van der Waals surface area contributed by atoms with Gasteiger partial charge < -0.3 is 5.32 Å². The van der Waals surface area contributed by atoms with E-state index in [4.69, 9.17) is 0 Å². The Morgan fingerprint density at radius 1 is 1.11 bits per heavy atom. The lowest BCUT2D eigenvalue weighted by Crippen LogP contribution is -2.30. The lowest BCUT2D eigenvalue weighted by Gasteiger charge is -2.20. The third kappa shape index (κ3) is 3.25. The van der Waals surface area contributed by atoms with Crippen LogP contribution in [0.3, 0.4) is 0 Å². The molecule has 0 spiro atoms. The van der Waals surface area contributed by atoms with E-state index in [1.165, 1.54) is 12.8 Å². The van der Waals surface area contributed by atoms with Crippen molar-refractivity contribution in [1.82, 2.24) is 5.32 Å². The van der Waals surface area contributed by atoms with E-state index in [9.17, 15) is 13.2 Å². The van der Waals surface area contributed by atoms with Crippen molar-refractivity contribution in [3.63, 3.8) is 0 Å². The van der Waals surface area contributed by atoms with Gasteiger partial charge in [0.05, 0.1) is 5.56 Å². The molecule has 4 heteroatoms. The zero-order valence-corrected chi connectivity index (χ0v) is 10.6. The summed E-state index contributed by atoms with van der Waals surface area (Å²) in [4.78, 5) is 0. The molecule has 1 aromatic rings. The Balaban J connectivity index is 1.99. The maximum absolute atomic E-state index is 12.4. The number of alkyl halides is 3. The first-order valence-electron chi connectivity index (χ1n) is 6.31. The van der Waals surface area contributed by atoms with E-state index in [0.717, 1.165) is 23.6 Å². The Labute approximate surface area is 105 Å². The summed E-state index contributed by atoms with van der Waals surface area (Å²) in [5.41, 5.74) is 0.309. The fourth-order valence-corrected chi connectivity index (χ4v) is 2.18. The quantitative estimate of drug-likeness (QED) is 0.854. The van der Waals surface area contributed by atoms with Crippen molar-refractivity contribution in [3.8, 4) is 0 Å². The van der Waals surface area contributed by atoms with E-state index in [2.05, 4.69) is 12.2 Å². The van der Waals surface area contributed by atoms with Crippen LogP contribution in [-0.4, -0.2) is 6.04 Å². The highest BCUT2D eigenvalue weighted by atomic mass is 19.4. The number of benzene rings is 1. The fourth-order valence-electron chi connectivity index (χ4n) is 2.18. The molecule has 100 valence electrons. The minimum atomic E-state index is -4.25. The van der Waals surface area contributed by atoms with Crippen LogP contribution in [0.5, 0.6) is 0 Å². The second-order valence-electron chi connectivity index (χ2n) is 5.13. The Bertz CT molecular complexity index is 392. The molecule has 1 nitrogen and oxygen atoms in total. The second kappa shape index (κ2) is 4.92. The molecule has 2 rings (SSSR count). The highest BCUT2D eigenvalue weighted by molar-refractivity contribution is 5.26. The number of hydrogen-bond donors (Lipinski definition) is 1. The number of nitrogens with one attached hydrogen (secondary N) is 1. The fraction of sp³-hybridized carbons (Fsp3) is 0.571. The molecular formula is C14H18F3N. The summed E-state index contributed by atoms with van der Waals surface area (Å²) in [6, 6.07) is 5.93. The van der Waals surface area contributed by atoms with Crippen LogP contribution in [0.15, 0.2) is 24.3 Å². The summed E-state index contributed by atoms with van der Waals surface area (Å²) in [6.07, 6.45) is -1.74. The Kier molecular flexibility index (Phi) is 3.66. The van der Waals surface area contributed by atoms with Gasteiger partial charge in [-0.05, 0) is 50.3 Å². The molecule has 0 amide bonds. The van der Waals surface area contributed by atoms with Gasteiger partial charge in [0.15, 0.2) is 0 Å². The summed E-state index contributed by atoms with van der Waals surface area (Å²) in [5, 5.41) is 3.44. The summed E-state index contributed by atoms with van der Waals surface area (Å²) in [5.74, 6) is 0.738. The predicted molar refractivity (Wildman–Crippen MR) is 65.2 cm³/mol. The van der Waals surface area contributed by atoms with Gasteiger partial charge in [-0.25, -0.2) is 0 Å². The third-order valence-corrected chi connectivity index (χ3v) is 3.58. The lowest BCUT2D eigenvalue weighted by molar-refractivity contribution is -0.137. The highest BCUT2D eigenvalue weighted by Crippen LogP contribution is 2.34. The Morgan fingerprint density at radius 3 is 2.11 bits per heavy atom. The number of halogens is 3. The number of hydrogen-bond acceptors (Lipinski definition) is 1. The smallest absolute Gasteiger partial charge is 0.307 e. The van der Waals surface area contributed by atoms with Gasteiger partial charge in [-0.2, -0.15) is 13.2 Å². The minimum absolute atomic E-state index is 0.0860. The summed E-state index contributed by atoms with van der Waals surface area (Å²) >= 11 is 0. The molecular weight excluding hydrogens is 239 g/mol. The lowest BCUT2D eigenvalue weighted by atomic mass is 10.0. The van der Waals surface area contributed by atoms with Crippen molar-refractivity contribution >= 4 is 0 Å². The number of rotatable bonds is 4. The van der Waals surface area contributed by atoms with Gasteiger partial charge in [-0.15, -0.1) is 0 Å². The third-order valence-electron chi connectivity index (χ3n) is 3.58. The predicted octanol–water partition coefficient (Wildman–Crippen LogP) is 4.15. The van der Waals surface area contributed by atoms with Crippen molar-refractivity contribution < 1.29 is 13.2 Å². The minimum Gasteiger partial charge on any atom is -0.307 e. The van der Waals surface area contributed by atoms with E-state index in [1.807, 2.05) is 6.92 Å². The topological polar surface area (TPSA) is 12.0 Å². The molecule has 0 saturated heterocycles. The van der Waals surface area contributed by atoms with Crippen LogP contribution in [-0.2, 0) is 6.18 Å². The molecule has 2 unspecified atom stereocenters. The standard InChI is InChI=1S/C14H18F3N/c1-9(11-3-4-11)18-10(2)12-5-7-13(8-6-12)14(15,16)17/h5-11,18H,3-4H2,1-2H3. The SMILES string of the molecule is CC(NC(C)C1CC1)c1ccc(C(F)(F)F)cc1. The Hall–Kier alpha value is -1.03. The van der Waals surface area contributed by atoms with Crippen LogP contribution in [0.25, 0.3) is 0 Å². The molecule has 0 aromatic heterocycles. The van der Waals surface area contributed by atoms with Crippen LogP contribution in [0.2, 0.25) is 0 Å². The highest BCUT2D eigenvalue weighted by Gasteiger charge is 2.31. The maximum atomic E-state index is 12.4. The van der Waals surface area contributed by atoms with Gasteiger partial charge in [0.2, 0.25) is 0 Å².